The van der Waals surface area contributed by atoms with E-state index in [2.05, 4.69) is 35.5 Å². The number of rotatable bonds is 5. The first-order valence-electron chi connectivity index (χ1n) is 10.4. The summed E-state index contributed by atoms with van der Waals surface area (Å²) >= 11 is 6.12. The number of ether oxygens (including phenoxy) is 1. The summed E-state index contributed by atoms with van der Waals surface area (Å²) in [5.41, 5.74) is 1.66. The van der Waals surface area contributed by atoms with Crippen molar-refractivity contribution in [2.24, 2.45) is 7.05 Å². The second-order valence-electron chi connectivity index (χ2n) is 7.59. The molecule has 32 heavy (non-hydrogen) atoms. The summed E-state index contributed by atoms with van der Waals surface area (Å²) in [4.78, 5) is 7.89. The monoisotopic (exact) mass is 451 g/mol. The maximum Gasteiger partial charge on any atom is 0.227 e. The van der Waals surface area contributed by atoms with E-state index in [1.54, 1.807) is 13.3 Å². The molecule has 1 aliphatic heterocycles. The van der Waals surface area contributed by atoms with Crippen molar-refractivity contribution in [3.05, 3.63) is 53.4 Å². The van der Waals surface area contributed by atoms with Crippen molar-refractivity contribution in [2.75, 3.05) is 18.6 Å². The summed E-state index contributed by atoms with van der Waals surface area (Å²) in [6, 6.07) is 11.1. The van der Waals surface area contributed by atoms with Gasteiger partial charge in [0.05, 0.1) is 18.8 Å². The van der Waals surface area contributed by atoms with Gasteiger partial charge in [-0.3, -0.25) is 4.57 Å². The Labute approximate surface area is 189 Å². The average Bonchev–Trinajstić information content (AvgIpc) is 3.46. The molecule has 5 rings (SSSR count). The third-order valence-corrected chi connectivity index (χ3v) is 5.82. The van der Waals surface area contributed by atoms with Crippen LogP contribution in [0.4, 0.5) is 5.95 Å². The molecule has 0 aliphatic carbocycles. The van der Waals surface area contributed by atoms with Crippen LogP contribution in [0.1, 0.15) is 31.1 Å². The summed E-state index contributed by atoms with van der Waals surface area (Å²) < 4.78 is 7.23. The lowest BCUT2D eigenvalue weighted by Crippen LogP contribution is -2.36. The molecule has 4 aromatic rings. The van der Waals surface area contributed by atoms with Gasteiger partial charge in [-0.2, -0.15) is 0 Å². The highest BCUT2D eigenvalue weighted by atomic mass is 35.5. The summed E-state index contributed by atoms with van der Waals surface area (Å²) in [6.07, 6.45) is 4.75. The zero-order valence-corrected chi connectivity index (χ0v) is 18.5. The average molecular weight is 452 g/mol. The second kappa shape index (κ2) is 8.54. The molecule has 4 heterocycles. The van der Waals surface area contributed by atoms with E-state index in [4.69, 9.17) is 16.3 Å². The highest BCUT2D eigenvalue weighted by Crippen LogP contribution is 2.34. The minimum Gasteiger partial charge on any atom is -0.481 e. The van der Waals surface area contributed by atoms with Gasteiger partial charge in [-0.25, -0.2) is 4.98 Å². The van der Waals surface area contributed by atoms with Crippen LogP contribution in [-0.4, -0.2) is 53.6 Å². The van der Waals surface area contributed by atoms with Crippen LogP contribution < -0.4 is 9.64 Å². The minimum absolute atomic E-state index is 0.0422. The van der Waals surface area contributed by atoms with Crippen LogP contribution in [0.25, 0.3) is 17.1 Å². The molecule has 1 aliphatic rings. The molecule has 0 bridgehead atoms. The molecule has 0 N–H and O–H groups in total. The molecule has 1 unspecified atom stereocenters. The largest absolute Gasteiger partial charge is 0.481 e. The number of halogens is 1. The Morgan fingerprint density at radius 2 is 2.00 bits per heavy atom. The Kier molecular flexibility index (Phi) is 5.44. The van der Waals surface area contributed by atoms with Crippen molar-refractivity contribution < 1.29 is 4.74 Å². The third-order valence-electron chi connectivity index (χ3n) is 5.58. The lowest BCUT2D eigenvalue weighted by Gasteiger charge is -2.34. The number of pyridine rings is 1. The molecule has 1 atom stereocenters. The van der Waals surface area contributed by atoms with Crippen LogP contribution in [0.3, 0.4) is 0 Å². The predicted molar refractivity (Wildman–Crippen MR) is 119 cm³/mol. The normalized spacial score (nSPS) is 16.3. The van der Waals surface area contributed by atoms with Crippen molar-refractivity contribution in [1.29, 1.82) is 0 Å². The molecule has 10 nitrogen and oxygen atoms in total. The fraction of sp³-hybridized carbons (Fsp3) is 0.333. The van der Waals surface area contributed by atoms with Gasteiger partial charge in [0.25, 0.3) is 0 Å². The van der Waals surface area contributed by atoms with Gasteiger partial charge in [-0.05, 0) is 48.7 Å². The van der Waals surface area contributed by atoms with E-state index < -0.39 is 0 Å². The lowest BCUT2D eigenvalue weighted by molar-refractivity contribution is 0.398. The lowest BCUT2D eigenvalue weighted by atomic mass is 10.0. The summed E-state index contributed by atoms with van der Waals surface area (Å²) in [6.45, 7) is 0.835. The standard InChI is InChI=1S/C21H22ClN9O/c1-29-20(14-9-10-23-18(12-14)32-2)25-26-21(29)30-11-4-3-8-17(30)19-24-28-31(27-19)16-7-5-6-15(22)13-16/h5-7,9-10,12-13,17H,3-4,8,11H2,1-2H3. The highest BCUT2D eigenvalue weighted by Gasteiger charge is 2.31. The van der Waals surface area contributed by atoms with E-state index in [0.29, 0.717) is 16.7 Å². The Balaban J connectivity index is 1.46. The van der Waals surface area contributed by atoms with Crippen LogP contribution in [0, 0.1) is 0 Å². The summed E-state index contributed by atoms with van der Waals surface area (Å²) in [5.74, 6) is 2.68. The molecule has 0 saturated carbocycles. The van der Waals surface area contributed by atoms with Gasteiger partial charge in [0.2, 0.25) is 11.8 Å². The van der Waals surface area contributed by atoms with Crippen molar-refractivity contribution in [3.8, 4) is 23.0 Å². The number of piperidine rings is 1. The van der Waals surface area contributed by atoms with E-state index in [9.17, 15) is 0 Å². The zero-order chi connectivity index (χ0) is 22.1. The van der Waals surface area contributed by atoms with E-state index in [1.165, 1.54) is 4.80 Å². The smallest absolute Gasteiger partial charge is 0.227 e. The number of hydrogen-bond donors (Lipinski definition) is 0. The number of hydrogen-bond acceptors (Lipinski definition) is 8. The molecule has 0 radical (unpaired) electrons. The zero-order valence-electron chi connectivity index (χ0n) is 17.8. The van der Waals surface area contributed by atoms with Gasteiger partial charge in [-0.1, -0.05) is 17.7 Å². The first-order chi connectivity index (χ1) is 15.6. The molecule has 164 valence electrons. The van der Waals surface area contributed by atoms with Crippen molar-refractivity contribution >= 4 is 17.5 Å². The number of anilines is 1. The van der Waals surface area contributed by atoms with Gasteiger partial charge in [0.15, 0.2) is 11.6 Å². The SMILES string of the molecule is COc1cc(-c2nnc(N3CCCCC3c3nnn(-c4cccc(Cl)c4)n3)n2C)ccn1. The maximum atomic E-state index is 6.12. The molecular weight excluding hydrogens is 430 g/mol. The summed E-state index contributed by atoms with van der Waals surface area (Å²) in [7, 11) is 3.55. The van der Waals surface area contributed by atoms with Crippen LogP contribution in [0.15, 0.2) is 42.6 Å². The van der Waals surface area contributed by atoms with Gasteiger partial charge >= 0.3 is 0 Å². The number of tetrazole rings is 1. The molecule has 0 spiro atoms. The predicted octanol–water partition coefficient (Wildman–Crippen LogP) is 3.25. The first-order valence-corrected chi connectivity index (χ1v) is 10.7. The van der Waals surface area contributed by atoms with E-state index in [-0.39, 0.29) is 6.04 Å². The number of nitrogens with zero attached hydrogens (tertiary/aromatic N) is 9. The van der Waals surface area contributed by atoms with Crippen LogP contribution in [0.5, 0.6) is 5.88 Å². The quantitative estimate of drug-likeness (QED) is 0.456. The van der Waals surface area contributed by atoms with Gasteiger partial charge < -0.3 is 9.64 Å². The fourth-order valence-electron chi connectivity index (χ4n) is 3.99. The summed E-state index contributed by atoms with van der Waals surface area (Å²) in [5, 5.41) is 22.8. The molecule has 11 heteroatoms. The Morgan fingerprint density at radius 1 is 1.09 bits per heavy atom. The molecular formula is C21H22ClN9O. The van der Waals surface area contributed by atoms with E-state index in [0.717, 1.165) is 48.8 Å². The topological polar surface area (TPSA) is 99.7 Å². The number of benzene rings is 1. The molecule has 1 fully saturated rings. The van der Waals surface area contributed by atoms with E-state index in [1.807, 2.05) is 48.0 Å². The van der Waals surface area contributed by atoms with Crippen molar-refractivity contribution in [2.45, 2.75) is 25.3 Å². The van der Waals surface area contributed by atoms with Crippen LogP contribution >= 0.6 is 11.6 Å². The Hall–Kier alpha value is -3.53. The molecule has 0 amide bonds. The third kappa shape index (κ3) is 3.77. The number of methoxy groups -OCH3 is 1. The molecule has 1 saturated heterocycles. The van der Waals surface area contributed by atoms with Crippen LogP contribution in [-0.2, 0) is 7.05 Å². The first kappa shape index (κ1) is 20.4. The van der Waals surface area contributed by atoms with Gasteiger partial charge in [0.1, 0.15) is 0 Å². The molecule has 3 aromatic heterocycles. The van der Waals surface area contributed by atoms with Crippen molar-refractivity contribution in [1.82, 2.24) is 40.0 Å². The van der Waals surface area contributed by atoms with Gasteiger partial charge in [-0.15, -0.1) is 25.2 Å². The second-order valence-corrected chi connectivity index (χ2v) is 8.03. The minimum atomic E-state index is -0.0422. The van der Waals surface area contributed by atoms with Crippen molar-refractivity contribution in [3.63, 3.8) is 0 Å². The Bertz CT molecular complexity index is 1240. The Morgan fingerprint density at radius 3 is 2.84 bits per heavy atom. The molecule has 1 aromatic carbocycles. The maximum absolute atomic E-state index is 6.12. The number of aromatic nitrogens is 8. The van der Waals surface area contributed by atoms with Gasteiger partial charge in [0, 0.05) is 36.4 Å². The van der Waals surface area contributed by atoms with Crippen LogP contribution in [0.2, 0.25) is 5.02 Å². The van der Waals surface area contributed by atoms with E-state index >= 15 is 0 Å². The highest BCUT2D eigenvalue weighted by molar-refractivity contribution is 6.30. The fourth-order valence-corrected chi connectivity index (χ4v) is 4.17.